The van der Waals surface area contributed by atoms with Gasteiger partial charge in [-0.25, -0.2) is 9.37 Å². The normalized spacial score (nSPS) is 15.3. The molecule has 6 nitrogen and oxygen atoms in total. The first-order valence-electron chi connectivity index (χ1n) is 10.2. The lowest BCUT2D eigenvalue weighted by Crippen LogP contribution is -2.31. The Kier molecular flexibility index (Phi) is 4.86. The number of aromatic nitrogens is 2. The van der Waals surface area contributed by atoms with Gasteiger partial charge >= 0.3 is 0 Å². The van der Waals surface area contributed by atoms with Crippen molar-refractivity contribution in [3.05, 3.63) is 95.4 Å². The highest BCUT2D eigenvalue weighted by Crippen LogP contribution is 2.39. The molecule has 1 aromatic heterocycles. The number of halogens is 1. The highest BCUT2D eigenvalue weighted by molar-refractivity contribution is 6.07. The molecular formula is C25H21FN4O2. The Hall–Kier alpha value is -4.13. The minimum absolute atomic E-state index is 0.280. The zero-order chi connectivity index (χ0) is 22.2. The Labute approximate surface area is 184 Å². The number of nitrogens with zero attached hydrogens (tertiary/aromatic N) is 2. The number of nitrogens with one attached hydrogen (secondary N) is 2. The quantitative estimate of drug-likeness (QED) is 0.474. The number of rotatable bonds is 4. The number of amides is 1. The number of imidazole rings is 1. The summed E-state index contributed by atoms with van der Waals surface area (Å²) < 4.78 is 21.1. The number of allylic oxidation sites excluding steroid dienone is 1. The number of carbonyl (C=O) groups is 1. The lowest BCUT2D eigenvalue weighted by molar-refractivity contribution is -0.113. The van der Waals surface area contributed by atoms with Crippen LogP contribution in [-0.4, -0.2) is 22.6 Å². The number of benzene rings is 3. The fourth-order valence-electron chi connectivity index (χ4n) is 4.16. The third-order valence-corrected chi connectivity index (χ3v) is 5.62. The summed E-state index contributed by atoms with van der Waals surface area (Å²) in [6.45, 7) is 1.84. The molecule has 0 radical (unpaired) electrons. The van der Waals surface area contributed by atoms with Crippen LogP contribution in [-0.2, 0) is 4.79 Å². The molecule has 3 aromatic carbocycles. The van der Waals surface area contributed by atoms with E-state index >= 15 is 0 Å². The molecule has 1 aliphatic rings. The molecule has 2 N–H and O–H groups in total. The van der Waals surface area contributed by atoms with E-state index < -0.39 is 6.04 Å². The molecule has 0 spiro atoms. The van der Waals surface area contributed by atoms with Crippen LogP contribution in [0.3, 0.4) is 0 Å². The molecule has 1 aliphatic heterocycles. The number of ether oxygens (including phenoxy) is 1. The van der Waals surface area contributed by atoms with Gasteiger partial charge in [0.05, 0.1) is 35.4 Å². The zero-order valence-electron chi connectivity index (χ0n) is 17.6. The van der Waals surface area contributed by atoms with Crippen LogP contribution in [0.5, 0.6) is 5.75 Å². The second-order valence-corrected chi connectivity index (χ2v) is 7.57. The lowest BCUT2D eigenvalue weighted by atomic mass is 9.94. The molecule has 0 bridgehead atoms. The van der Waals surface area contributed by atoms with Gasteiger partial charge < -0.3 is 15.4 Å². The summed E-state index contributed by atoms with van der Waals surface area (Å²) in [7, 11) is 1.56. The van der Waals surface area contributed by atoms with Crippen LogP contribution in [0.15, 0.2) is 84.1 Å². The van der Waals surface area contributed by atoms with Gasteiger partial charge in [0.1, 0.15) is 11.6 Å². The first-order chi connectivity index (χ1) is 15.6. The van der Waals surface area contributed by atoms with Crippen molar-refractivity contribution in [2.75, 3.05) is 17.7 Å². The van der Waals surface area contributed by atoms with Crippen LogP contribution in [0.4, 0.5) is 16.0 Å². The molecule has 0 fully saturated rings. The summed E-state index contributed by atoms with van der Waals surface area (Å²) in [6.07, 6.45) is 0. The smallest absolute Gasteiger partial charge is 0.255 e. The van der Waals surface area contributed by atoms with Crippen molar-refractivity contribution in [3.63, 3.8) is 0 Å². The largest absolute Gasteiger partial charge is 0.495 e. The van der Waals surface area contributed by atoms with E-state index in [0.717, 1.165) is 16.6 Å². The number of methoxy groups -OCH3 is 1. The third-order valence-electron chi connectivity index (χ3n) is 5.62. The molecule has 0 unspecified atom stereocenters. The molecule has 0 saturated heterocycles. The average molecular weight is 428 g/mol. The van der Waals surface area contributed by atoms with E-state index in [-0.39, 0.29) is 11.7 Å². The van der Waals surface area contributed by atoms with Crippen molar-refractivity contribution in [2.45, 2.75) is 13.0 Å². The minimum Gasteiger partial charge on any atom is -0.495 e. The number of fused-ring (bicyclic) bond motifs is 3. The summed E-state index contributed by atoms with van der Waals surface area (Å²) in [5, 5.41) is 6.25. The average Bonchev–Trinajstić information content (AvgIpc) is 3.17. The van der Waals surface area contributed by atoms with Gasteiger partial charge in [-0.3, -0.25) is 9.36 Å². The van der Waals surface area contributed by atoms with Gasteiger partial charge in [0.15, 0.2) is 0 Å². The molecule has 0 aliphatic carbocycles. The van der Waals surface area contributed by atoms with Gasteiger partial charge in [-0.15, -0.1) is 0 Å². The third kappa shape index (κ3) is 3.28. The molecule has 32 heavy (non-hydrogen) atoms. The number of hydrogen-bond donors (Lipinski definition) is 2. The van der Waals surface area contributed by atoms with Crippen LogP contribution in [0.25, 0.3) is 11.0 Å². The molecule has 5 rings (SSSR count). The van der Waals surface area contributed by atoms with E-state index in [2.05, 4.69) is 10.6 Å². The molecule has 1 amide bonds. The fourth-order valence-corrected chi connectivity index (χ4v) is 4.16. The Bertz CT molecular complexity index is 1360. The molecular weight excluding hydrogens is 407 g/mol. The maximum Gasteiger partial charge on any atom is 0.255 e. The van der Waals surface area contributed by atoms with Crippen LogP contribution < -0.4 is 15.4 Å². The van der Waals surface area contributed by atoms with Gasteiger partial charge in [0, 0.05) is 5.70 Å². The molecule has 4 aromatic rings. The van der Waals surface area contributed by atoms with Crippen molar-refractivity contribution < 1.29 is 13.9 Å². The maximum absolute atomic E-state index is 13.7. The fraction of sp³-hybridized carbons (Fsp3) is 0.120. The van der Waals surface area contributed by atoms with E-state index in [4.69, 9.17) is 9.72 Å². The molecule has 0 saturated carbocycles. The summed E-state index contributed by atoms with van der Waals surface area (Å²) in [5.41, 5.74) is 4.22. The monoisotopic (exact) mass is 428 g/mol. The van der Waals surface area contributed by atoms with Crippen LogP contribution in [0.1, 0.15) is 18.5 Å². The predicted molar refractivity (Wildman–Crippen MR) is 122 cm³/mol. The standard InChI is InChI=1S/C25H21FN4O2/c1-15-22(24(31)28-19-8-4-6-10-21(19)32-2)23(16-11-13-17(26)14-12-16)30-20-9-5-3-7-18(20)29-25(30)27-15/h3-14,23H,1-2H3,(H,27,29)(H,28,31)/t23-/m0/s1. The Balaban J connectivity index is 1.66. The second kappa shape index (κ2) is 7.85. The van der Waals surface area contributed by atoms with Crippen LogP contribution in [0.2, 0.25) is 0 Å². The highest BCUT2D eigenvalue weighted by atomic mass is 19.1. The van der Waals surface area contributed by atoms with Gasteiger partial charge in [0.25, 0.3) is 5.91 Å². The Morgan fingerprint density at radius 3 is 2.56 bits per heavy atom. The summed E-state index contributed by atoms with van der Waals surface area (Å²) >= 11 is 0. The SMILES string of the molecule is COc1ccccc1NC(=O)C1=C(C)Nc2nc3ccccc3n2[C@H]1c1ccc(F)cc1. The second-order valence-electron chi connectivity index (χ2n) is 7.57. The number of anilines is 2. The first-order valence-corrected chi connectivity index (χ1v) is 10.2. The number of para-hydroxylation sites is 4. The molecule has 7 heteroatoms. The number of carbonyl (C=O) groups excluding carboxylic acids is 1. The zero-order valence-corrected chi connectivity index (χ0v) is 17.6. The van der Waals surface area contributed by atoms with E-state index in [9.17, 15) is 9.18 Å². The maximum atomic E-state index is 13.7. The van der Waals surface area contributed by atoms with Crippen LogP contribution >= 0.6 is 0 Å². The van der Waals surface area contributed by atoms with Crippen molar-refractivity contribution in [1.29, 1.82) is 0 Å². The van der Waals surface area contributed by atoms with Crippen molar-refractivity contribution >= 4 is 28.6 Å². The number of hydrogen-bond acceptors (Lipinski definition) is 4. The van der Waals surface area contributed by atoms with E-state index in [1.807, 2.05) is 47.9 Å². The summed E-state index contributed by atoms with van der Waals surface area (Å²) in [4.78, 5) is 18.3. The Morgan fingerprint density at radius 1 is 1.06 bits per heavy atom. The molecule has 160 valence electrons. The van der Waals surface area contributed by atoms with Gasteiger partial charge in [-0.1, -0.05) is 36.4 Å². The van der Waals surface area contributed by atoms with Gasteiger partial charge in [0.2, 0.25) is 5.95 Å². The van der Waals surface area contributed by atoms with E-state index in [0.29, 0.717) is 28.7 Å². The van der Waals surface area contributed by atoms with E-state index in [1.54, 1.807) is 31.4 Å². The van der Waals surface area contributed by atoms with Gasteiger partial charge in [-0.2, -0.15) is 0 Å². The van der Waals surface area contributed by atoms with E-state index in [1.165, 1.54) is 12.1 Å². The first kappa shape index (κ1) is 19.8. The predicted octanol–water partition coefficient (Wildman–Crippen LogP) is 5.11. The summed E-state index contributed by atoms with van der Waals surface area (Å²) in [6, 6.07) is 20.7. The van der Waals surface area contributed by atoms with Crippen molar-refractivity contribution in [1.82, 2.24) is 9.55 Å². The minimum atomic E-state index is -0.492. The van der Waals surface area contributed by atoms with Crippen LogP contribution in [0, 0.1) is 5.82 Å². The van der Waals surface area contributed by atoms with Crippen molar-refractivity contribution in [3.8, 4) is 5.75 Å². The summed E-state index contributed by atoms with van der Waals surface area (Å²) in [5.74, 6) is 0.582. The highest BCUT2D eigenvalue weighted by Gasteiger charge is 2.34. The molecule has 2 heterocycles. The molecule has 1 atom stereocenters. The van der Waals surface area contributed by atoms with Gasteiger partial charge in [-0.05, 0) is 48.9 Å². The Morgan fingerprint density at radius 2 is 1.78 bits per heavy atom. The van der Waals surface area contributed by atoms with Crippen molar-refractivity contribution in [2.24, 2.45) is 0 Å². The lowest BCUT2D eigenvalue weighted by Gasteiger charge is -2.30. The topological polar surface area (TPSA) is 68.2 Å².